The summed E-state index contributed by atoms with van der Waals surface area (Å²) in [6.45, 7) is 0. The van der Waals surface area contributed by atoms with E-state index >= 15 is 0 Å². The molecule has 0 nitrogen and oxygen atoms in total. The first-order valence-electron chi connectivity index (χ1n) is 38.8. The highest BCUT2D eigenvalue weighted by atomic mass is 14.3. The number of benzene rings is 22. The maximum atomic E-state index is 2.34. The van der Waals surface area contributed by atoms with Gasteiger partial charge in [0.25, 0.3) is 0 Å². The number of hydrogen-bond donors (Lipinski definition) is 0. The van der Waals surface area contributed by atoms with Crippen molar-refractivity contribution in [1.82, 2.24) is 0 Å². The molecule has 0 aliphatic carbocycles. The second-order valence-corrected chi connectivity index (χ2v) is 29.2. The molecule has 0 aliphatic rings. The molecule has 22 aromatic carbocycles. The summed E-state index contributed by atoms with van der Waals surface area (Å²) in [6.07, 6.45) is 0. The summed E-state index contributed by atoms with van der Waals surface area (Å²) < 4.78 is 0. The van der Waals surface area contributed by atoms with E-state index < -0.39 is 0 Å². The highest BCUT2D eigenvalue weighted by Crippen LogP contribution is 2.49. The second kappa shape index (κ2) is 29.2. The molecule has 0 unspecified atom stereocenters. The molecule has 0 bridgehead atoms. The average Bonchev–Trinajstić information content (AvgIpc) is 0.735. The van der Waals surface area contributed by atoms with Gasteiger partial charge < -0.3 is 0 Å². The lowest BCUT2D eigenvalue weighted by atomic mass is 9.84. The van der Waals surface area contributed by atoms with Crippen LogP contribution in [-0.2, 0) is 0 Å². The van der Waals surface area contributed by atoms with Gasteiger partial charge in [0.2, 0.25) is 0 Å². The summed E-state index contributed by atoms with van der Waals surface area (Å²) in [6, 6.07) is 163. The summed E-state index contributed by atoms with van der Waals surface area (Å²) in [4.78, 5) is 0. The van der Waals surface area contributed by atoms with Crippen molar-refractivity contribution < 1.29 is 0 Å². The van der Waals surface area contributed by atoms with E-state index in [-0.39, 0.29) is 0 Å². The van der Waals surface area contributed by atoms with E-state index in [0.717, 1.165) is 0 Å². The highest BCUT2D eigenvalue weighted by molar-refractivity contribution is 6.26. The summed E-state index contributed by atoms with van der Waals surface area (Å²) in [5, 5.41) is 25.6. The third-order valence-corrected chi connectivity index (χ3v) is 22.8. The van der Waals surface area contributed by atoms with Crippen molar-refractivity contribution in [3.05, 3.63) is 449 Å². The van der Waals surface area contributed by atoms with Gasteiger partial charge in [-0.05, 0) is 220 Å². The Balaban J connectivity index is 0.000000110. The molecule has 0 saturated carbocycles. The Labute approximate surface area is 652 Å². The lowest BCUT2D eigenvalue weighted by molar-refractivity contribution is 1.60. The van der Waals surface area contributed by atoms with Crippen molar-refractivity contribution in [2.45, 2.75) is 0 Å². The lowest BCUT2D eigenvalue weighted by Crippen LogP contribution is -1.91. The van der Waals surface area contributed by atoms with Gasteiger partial charge in [0.05, 0.1) is 0 Å². The van der Waals surface area contributed by atoms with E-state index in [4.69, 9.17) is 0 Å². The molecular formula is C112H74. The Morgan fingerprint density at radius 1 is 0.0893 bits per heavy atom. The average molecular weight is 1420 g/mol. The molecule has 0 spiro atoms. The van der Waals surface area contributed by atoms with Crippen molar-refractivity contribution in [2.75, 3.05) is 0 Å². The van der Waals surface area contributed by atoms with Crippen LogP contribution in [0, 0.1) is 0 Å². The molecule has 112 heavy (non-hydrogen) atoms. The molecule has 0 radical (unpaired) electrons. The molecule has 22 rings (SSSR count). The zero-order valence-electron chi connectivity index (χ0n) is 61.7. The Hall–Kier alpha value is -14.6. The molecular weight excluding hydrogens is 1350 g/mol. The van der Waals surface area contributed by atoms with E-state index in [1.165, 1.54) is 208 Å². The molecule has 0 fully saturated rings. The van der Waals surface area contributed by atoms with Crippen molar-refractivity contribution in [1.29, 1.82) is 0 Å². The van der Waals surface area contributed by atoms with Gasteiger partial charge in [-0.2, -0.15) is 0 Å². The Morgan fingerprint density at radius 2 is 0.295 bits per heavy atom. The maximum Gasteiger partial charge on any atom is -0.00201 e. The minimum Gasteiger partial charge on any atom is -0.0622 e. The van der Waals surface area contributed by atoms with Crippen molar-refractivity contribution in [2.24, 2.45) is 0 Å². The zero-order chi connectivity index (χ0) is 74.3. The topological polar surface area (TPSA) is 0 Å². The van der Waals surface area contributed by atoms with Crippen LogP contribution in [0.3, 0.4) is 0 Å². The van der Waals surface area contributed by atoms with Crippen LogP contribution < -0.4 is 0 Å². The van der Waals surface area contributed by atoms with E-state index in [9.17, 15) is 0 Å². The molecule has 522 valence electrons. The number of hydrogen-bond acceptors (Lipinski definition) is 0. The molecule has 22 aromatic rings. The van der Waals surface area contributed by atoms with Crippen LogP contribution in [0.2, 0.25) is 0 Å². The molecule has 0 heteroatoms. The highest BCUT2D eigenvalue weighted by Gasteiger charge is 2.22. The van der Waals surface area contributed by atoms with Crippen molar-refractivity contribution in [3.63, 3.8) is 0 Å². The minimum atomic E-state index is 1.23. The predicted octanol–water partition coefficient (Wildman–Crippen LogP) is 31.6. The monoisotopic (exact) mass is 1420 g/mol. The molecule has 0 aromatic heterocycles. The zero-order valence-corrected chi connectivity index (χ0v) is 61.7. The summed E-state index contributed by atoms with van der Waals surface area (Å²) in [5.41, 5.74) is 22.8. The van der Waals surface area contributed by atoms with Gasteiger partial charge in [-0.15, -0.1) is 0 Å². The van der Waals surface area contributed by atoms with Crippen LogP contribution in [0.25, 0.3) is 208 Å². The van der Waals surface area contributed by atoms with Gasteiger partial charge in [-0.1, -0.05) is 437 Å². The van der Waals surface area contributed by atoms with Crippen molar-refractivity contribution in [3.8, 4) is 100 Å². The van der Waals surface area contributed by atoms with Crippen LogP contribution >= 0.6 is 0 Å². The fourth-order valence-corrected chi connectivity index (χ4v) is 17.6. The van der Waals surface area contributed by atoms with Crippen LogP contribution in [0.15, 0.2) is 449 Å². The van der Waals surface area contributed by atoms with Crippen LogP contribution in [0.1, 0.15) is 0 Å². The maximum absolute atomic E-state index is 2.34. The lowest BCUT2D eigenvalue weighted by Gasteiger charge is -2.19. The molecule has 0 atom stereocenters. The predicted molar refractivity (Wildman–Crippen MR) is 483 cm³/mol. The van der Waals surface area contributed by atoms with E-state index in [2.05, 4.69) is 449 Å². The molecule has 0 amide bonds. The number of rotatable bonds is 9. The summed E-state index contributed by atoms with van der Waals surface area (Å²) >= 11 is 0. The SMILES string of the molecule is c1ccc(-c2ccc(-c3c4ccccc4c(-c4ccc(-c5ccccc5)cc4)c4ccccc34)cc2)cc1.c1ccc2cc(-c3c4ccccc4c(-c4ccc(-c5cccc6ccccc56)cc4)c4ccccc34)ccc2c1.c1ccc2cc(-c3c4ccccc4c(-c4cccc5ccccc45)c4ccccc34)ccc2c1. The first kappa shape index (κ1) is 66.8. The molecule has 0 aliphatic heterocycles. The van der Waals surface area contributed by atoms with Gasteiger partial charge in [0.15, 0.2) is 0 Å². The third-order valence-electron chi connectivity index (χ3n) is 22.8. The van der Waals surface area contributed by atoms with Gasteiger partial charge in [-0.25, -0.2) is 0 Å². The van der Waals surface area contributed by atoms with E-state index in [1.807, 2.05) is 0 Å². The summed E-state index contributed by atoms with van der Waals surface area (Å²) in [5.74, 6) is 0. The normalized spacial score (nSPS) is 11.4. The molecule has 0 heterocycles. The molecule has 0 saturated heterocycles. The standard InChI is InChI=1S/C40H26.C38H26.C34H22/c1-2-12-31-26-32(25-20-27(31)10-1)40-37-17-7-5-15-35(37)39(36-16-6-8-18-38(36)40)30-23-21-29(22-24-30)34-19-9-13-28-11-3-4-14-33(28)34;1-3-11-27(12-4-1)29-19-23-31(24-20-29)37-33-15-7-9-17-35(33)38(36-18-10-8-16-34(36)37)32-25-21-30(22-26-32)28-13-5-2-6-14-28;1-2-12-25-22-26(21-20-23(25)10-1)33-29-15-5-7-17-31(29)34(32-18-8-6-16-30(32)33)28-19-9-13-24-11-3-4-14-27(24)28/h1-26H;1-26H;1-22H. The largest absolute Gasteiger partial charge is 0.0622 e. The van der Waals surface area contributed by atoms with Gasteiger partial charge in [0, 0.05) is 0 Å². The van der Waals surface area contributed by atoms with Gasteiger partial charge in [0.1, 0.15) is 0 Å². The fourth-order valence-electron chi connectivity index (χ4n) is 17.6. The van der Waals surface area contributed by atoms with Crippen LogP contribution in [0.4, 0.5) is 0 Å². The second-order valence-electron chi connectivity index (χ2n) is 29.2. The first-order valence-corrected chi connectivity index (χ1v) is 38.8. The van der Waals surface area contributed by atoms with E-state index in [1.54, 1.807) is 0 Å². The minimum absolute atomic E-state index is 1.23. The van der Waals surface area contributed by atoms with E-state index in [0.29, 0.717) is 0 Å². The van der Waals surface area contributed by atoms with Crippen molar-refractivity contribution >= 4 is 108 Å². The van der Waals surface area contributed by atoms with Gasteiger partial charge in [-0.3, -0.25) is 0 Å². The third kappa shape index (κ3) is 12.3. The Bertz CT molecular complexity index is 6990. The Kier molecular flexibility index (Phi) is 17.4. The van der Waals surface area contributed by atoms with Crippen LogP contribution in [-0.4, -0.2) is 0 Å². The smallest absolute Gasteiger partial charge is 0.00201 e. The van der Waals surface area contributed by atoms with Crippen LogP contribution in [0.5, 0.6) is 0 Å². The fraction of sp³-hybridized carbons (Fsp3) is 0. The first-order chi connectivity index (χ1) is 55.6. The number of fused-ring (bicyclic) bond motifs is 10. The molecule has 0 N–H and O–H groups in total. The Morgan fingerprint density at radius 3 is 0.625 bits per heavy atom. The quantitative estimate of drug-likeness (QED) is 0.126. The summed E-state index contributed by atoms with van der Waals surface area (Å²) in [7, 11) is 0. The van der Waals surface area contributed by atoms with Gasteiger partial charge >= 0.3 is 0 Å².